The van der Waals surface area contributed by atoms with Crippen molar-refractivity contribution in [3.05, 3.63) is 64.8 Å². The van der Waals surface area contributed by atoms with Crippen LogP contribution in [0.3, 0.4) is 0 Å². The number of carbonyl (C=O) groups is 1. The quantitative estimate of drug-likeness (QED) is 0.484. The van der Waals surface area contributed by atoms with Crippen LogP contribution in [0.1, 0.15) is 29.3 Å². The van der Waals surface area contributed by atoms with Crippen molar-refractivity contribution in [1.29, 1.82) is 0 Å². The van der Waals surface area contributed by atoms with Crippen molar-refractivity contribution in [2.45, 2.75) is 38.2 Å². The summed E-state index contributed by atoms with van der Waals surface area (Å²) in [6, 6.07) is 7.75. The number of rotatable bonds is 4. The van der Waals surface area contributed by atoms with Gasteiger partial charge in [0.05, 0.1) is 23.2 Å². The number of nitrogens with one attached hydrogen (secondary N) is 1. The molecule has 1 atom stereocenters. The van der Waals surface area contributed by atoms with Gasteiger partial charge in [0.15, 0.2) is 5.76 Å². The van der Waals surface area contributed by atoms with Crippen LogP contribution in [0.5, 0.6) is 5.75 Å². The minimum absolute atomic E-state index is 0.0119. The summed E-state index contributed by atoms with van der Waals surface area (Å²) in [7, 11) is 0. The third-order valence-corrected chi connectivity index (χ3v) is 4.95. The monoisotopic (exact) mass is 470 g/mol. The van der Waals surface area contributed by atoms with Gasteiger partial charge in [0, 0.05) is 23.7 Å². The van der Waals surface area contributed by atoms with Gasteiger partial charge in [0.25, 0.3) is 0 Å². The third-order valence-electron chi connectivity index (χ3n) is 4.95. The molecular formula is C22H16F6N2O3. The maximum atomic E-state index is 13.0. The first-order valence-electron chi connectivity index (χ1n) is 9.73. The lowest BCUT2D eigenvalue weighted by molar-refractivity contribution is -0.143. The second kappa shape index (κ2) is 8.13. The molecule has 11 heteroatoms. The van der Waals surface area contributed by atoms with Gasteiger partial charge < -0.3 is 14.6 Å². The minimum atomic E-state index is -5.01. The highest BCUT2D eigenvalue weighted by molar-refractivity contribution is 5.92. The topological polar surface area (TPSA) is 64.4 Å². The molecule has 1 aromatic heterocycles. The Kier molecular flexibility index (Phi) is 5.59. The first-order valence-corrected chi connectivity index (χ1v) is 9.73. The van der Waals surface area contributed by atoms with Crippen molar-refractivity contribution >= 4 is 11.6 Å². The summed E-state index contributed by atoms with van der Waals surface area (Å²) in [5.41, 5.74) is -1.83. The van der Waals surface area contributed by atoms with Gasteiger partial charge in [-0.3, -0.25) is 4.79 Å². The molecule has 0 bridgehead atoms. The van der Waals surface area contributed by atoms with E-state index in [0.717, 1.165) is 17.7 Å². The van der Waals surface area contributed by atoms with E-state index in [9.17, 15) is 31.1 Å². The largest absolute Gasteiger partial charge is 0.490 e. The second-order valence-corrected chi connectivity index (χ2v) is 7.66. The molecule has 2 heterocycles. The smallest absolute Gasteiger partial charge is 0.416 e. The van der Waals surface area contributed by atoms with Crippen molar-refractivity contribution < 1.29 is 40.4 Å². The van der Waals surface area contributed by atoms with E-state index >= 15 is 0 Å². The molecule has 33 heavy (non-hydrogen) atoms. The summed E-state index contributed by atoms with van der Waals surface area (Å²) in [6.07, 6.45) is -9.66. The molecule has 0 spiro atoms. The first kappa shape index (κ1) is 22.7. The number of hydrogen-bond acceptors (Lipinski definition) is 4. The lowest BCUT2D eigenvalue weighted by atomic mass is 10.0. The van der Waals surface area contributed by atoms with E-state index in [2.05, 4.69) is 10.5 Å². The van der Waals surface area contributed by atoms with Crippen LogP contribution in [0.4, 0.5) is 32.0 Å². The van der Waals surface area contributed by atoms with E-state index in [1.165, 1.54) is 6.07 Å². The number of benzene rings is 2. The average molecular weight is 470 g/mol. The van der Waals surface area contributed by atoms with Crippen molar-refractivity contribution in [2.24, 2.45) is 0 Å². The highest BCUT2D eigenvalue weighted by Gasteiger charge is 2.37. The fraction of sp³-hybridized carbons (Fsp3) is 0.273. The predicted octanol–water partition coefficient (Wildman–Crippen LogP) is 5.88. The normalized spacial score (nSPS) is 15.8. The maximum absolute atomic E-state index is 13.0. The molecule has 0 aliphatic carbocycles. The molecule has 0 saturated carbocycles. The van der Waals surface area contributed by atoms with Gasteiger partial charge >= 0.3 is 12.4 Å². The van der Waals surface area contributed by atoms with E-state index in [-0.39, 0.29) is 17.9 Å². The number of halogens is 6. The molecule has 1 unspecified atom stereocenters. The number of anilines is 1. The average Bonchev–Trinajstić information content (AvgIpc) is 3.31. The number of alkyl halides is 6. The van der Waals surface area contributed by atoms with Crippen molar-refractivity contribution in [1.82, 2.24) is 5.16 Å². The summed E-state index contributed by atoms with van der Waals surface area (Å²) in [6.45, 7) is 1.94. The van der Waals surface area contributed by atoms with Crippen LogP contribution < -0.4 is 10.1 Å². The standard InChI is InChI=1S/C22H16F6N2O3/c1-11-4-13-5-12(2-3-18(13)32-11)19-9-17(30-33-19)10-20(31)29-16-7-14(21(23,24)25)6-15(8-16)22(26,27)28/h2-3,5-9,11H,4,10H2,1H3,(H,29,31). The Morgan fingerprint density at radius 3 is 2.33 bits per heavy atom. The molecule has 1 aliphatic heterocycles. The maximum Gasteiger partial charge on any atom is 0.416 e. The molecule has 0 radical (unpaired) electrons. The van der Waals surface area contributed by atoms with E-state index in [1.807, 2.05) is 13.0 Å². The van der Waals surface area contributed by atoms with Gasteiger partial charge in [-0.1, -0.05) is 5.16 Å². The molecule has 1 aliphatic rings. The number of carbonyl (C=O) groups excluding carboxylic acids is 1. The Balaban J connectivity index is 1.49. The summed E-state index contributed by atoms with van der Waals surface area (Å²) in [5, 5.41) is 5.84. The summed E-state index contributed by atoms with van der Waals surface area (Å²) < 4.78 is 88.7. The molecule has 0 fully saturated rings. The Bertz CT molecular complexity index is 1170. The fourth-order valence-electron chi connectivity index (χ4n) is 3.50. The number of ether oxygens (including phenoxy) is 1. The van der Waals surface area contributed by atoms with Crippen LogP contribution in [0, 0.1) is 0 Å². The summed E-state index contributed by atoms with van der Waals surface area (Å²) in [4.78, 5) is 12.3. The Morgan fingerprint density at radius 1 is 1.03 bits per heavy atom. The van der Waals surface area contributed by atoms with E-state index in [4.69, 9.17) is 9.26 Å². The molecule has 174 valence electrons. The Morgan fingerprint density at radius 2 is 1.70 bits per heavy atom. The number of amides is 1. The second-order valence-electron chi connectivity index (χ2n) is 7.66. The molecule has 4 rings (SSSR count). The van der Waals surface area contributed by atoms with Crippen LogP contribution in [0.25, 0.3) is 11.3 Å². The van der Waals surface area contributed by atoms with Gasteiger partial charge in [-0.15, -0.1) is 0 Å². The van der Waals surface area contributed by atoms with Crippen LogP contribution in [0.2, 0.25) is 0 Å². The molecule has 1 amide bonds. The zero-order valence-corrected chi connectivity index (χ0v) is 17.0. The van der Waals surface area contributed by atoms with Gasteiger partial charge in [0.2, 0.25) is 5.91 Å². The van der Waals surface area contributed by atoms with Crippen LogP contribution in [-0.2, 0) is 30.0 Å². The lowest BCUT2D eigenvalue weighted by Crippen LogP contribution is -2.17. The molecule has 1 N–H and O–H groups in total. The Hall–Kier alpha value is -3.50. The van der Waals surface area contributed by atoms with E-state index < -0.39 is 41.5 Å². The Labute approximate surface area is 183 Å². The molecular weight excluding hydrogens is 454 g/mol. The van der Waals surface area contributed by atoms with Gasteiger partial charge in [-0.05, 0) is 48.9 Å². The molecule has 0 saturated heterocycles. The molecule has 3 aromatic rings. The number of aromatic nitrogens is 1. The zero-order valence-electron chi connectivity index (χ0n) is 17.0. The first-order chi connectivity index (χ1) is 15.4. The number of hydrogen-bond donors (Lipinski definition) is 1. The van der Waals surface area contributed by atoms with Crippen molar-refractivity contribution in [3.63, 3.8) is 0 Å². The van der Waals surface area contributed by atoms with Gasteiger partial charge in [0.1, 0.15) is 11.9 Å². The lowest BCUT2D eigenvalue weighted by Gasteiger charge is -2.14. The number of nitrogens with zero attached hydrogens (tertiary/aromatic N) is 1. The van der Waals surface area contributed by atoms with E-state index in [1.54, 1.807) is 12.1 Å². The van der Waals surface area contributed by atoms with Crippen LogP contribution in [0.15, 0.2) is 47.0 Å². The molecule has 2 aromatic carbocycles. The van der Waals surface area contributed by atoms with Crippen molar-refractivity contribution in [2.75, 3.05) is 5.32 Å². The summed E-state index contributed by atoms with van der Waals surface area (Å²) in [5.74, 6) is 0.279. The van der Waals surface area contributed by atoms with Gasteiger partial charge in [-0.25, -0.2) is 0 Å². The highest BCUT2D eigenvalue weighted by atomic mass is 19.4. The minimum Gasteiger partial charge on any atom is -0.490 e. The third kappa shape index (κ3) is 5.12. The fourth-order valence-corrected chi connectivity index (χ4v) is 3.50. The van der Waals surface area contributed by atoms with Gasteiger partial charge in [-0.2, -0.15) is 26.3 Å². The molecule has 5 nitrogen and oxygen atoms in total. The highest BCUT2D eigenvalue weighted by Crippen LogP contribution is 2.38. The predicted molar refractivity (Wildman–Crippen MR) is 105 cm³/mol. The summed E-state index contributed by atoms with van der Waals surface area (Å²) >= 11 is 0. The van der Waals surface area contributed by atoms with Crippen LogP contribution >= 0.6 is 0 Å². The van der Waals surface area contributed by atoms with E-state index in [0.29, 0.717) is 23.5 Å². The number of fused-ring (bicyclic) bond motifs is 1. The SMILES string of the molecule is CC1Cc2cc(-c3cc(CC(=O)Nc4cc(C(F)(F)F)cc(C(F)(F)F)c4)no3)ccc2O1. The van der Waals surface area contributed by atoms with Crippen molar-refractivity contribution in [3.8, 4) is 17.1 Å². The zero-order chi connectivity index (χ0) is 24.0. The van der Waals surface area contributed by atoms with Crippen LogP contribution in [-0.4, -0.2) is 17.2 Å².